The molecule has 6 aromatic rings. The summed E-state index contributed by atoms with van der Waals surface area (Å²) in [6.45, 7) is 0. The van der Waals surface area contributed by atoms with Crippen molar-refractivity contribution < 1.29 is 0 Å². The summed E-state index contributed by atoms with van der Waals surface area (Å²) < 4.78 is 3.94. The van der Waals surface area contributed by atoms with E-state index in [0.29, 0.717) is 23.2 Å². The largest absolute Gasteiger partial charge is 0.324 e. The molecule has 8 nitrogen and oxygen atoms in total. The molecular formula is C22H16N8. The summed E-state index contributed by atoms with van der Waals surface area (Å²) in [5.74, 6) is 1.24. The standard InChI is InChI=1S/C22H16N8/c1-3-9-15(10-4-1)23-21-27-25-19-20-26-28-22(24-16-11-5-2-6-12-16)30(20)18-14-8-7-13-17(18)29(19)21/h1-14H,(H,23,27)(H,24,28). The minimum absolute atomic E-state index is 0.621. The van der Waals surface area contributed by atoms with Gasteiger partial charge in [0.1, 0.15) is 0 Å². The Labute approximate surface area is 170 Å². The Balaban J connectivity index is 1.60. The van der Waals surface area contributed by atoms with Crippen LogP contribution >= 0.6 is 0 Å². The molecule has 6 rings (SSSR count). The second-order valence-electron chi connectivity index (χ2n) is 6.84. The molecular weight excluding hydrogens is 376 g/mol. The van der Waals surface area contributed by atoms with Crippen LogP contribution in [-0.2, 0) is 0 Å². The molecule has 0 aliphatic rings. The minimum Gasteiger partial charge on any atom is -0.324 e. The molecule has 0 fully saturated rings. The highest BCUT2D eigenvalue weighted by Crippen LogP contribution is 2.27. The van der Waals surface area contributed by atoms with E-state index in [-0.39, 0.29) is 0 Å². The number of nitrogens with zero attached hydrogens (tertiary/aromatic N) is 6. The molecule has 0 saturated carbocycles. The van der Waals surface area contributed by atoms with Crippen LogP contribution in [0.2, 0.25) is 0 Å². The van der Waals surface area contributed by atoms with E-state index in [1.54, 1.807) is 0 Å². The first kappa shape index (κ1) is 16.5. The maximum atomic E-state index is 4.41. The average molecular weight is 392 g/mol. The predicted octanol–water partition coefficient (Wildman–Crippen LogP) is 4.41. The van der Waals surface area contributed by atoms with Crippen molar-refractivity contribution in [2.75, 3.05) is 10.6 Å². The van der Waals surface area contributed by atoms with Gasteiger partial charge in [0.2, 0.25) is 23.2 Å². The number of fused-ring (bicyclic) bond motifs is 6. The number of para-hydroxylation sites is 4. The number of anilines is 4. The smallest absolute Gasteiger partial charge is 0.234 e. The second kappa shape index (κ2) is 6.56. The van der Waals surface area contributed by atoms with Crippen LogP contribution in [0.25, 0.3) is 22.3 Å². The van der Waals surface area contributed by atoms with Crippen LogP contribution < -0.4 is 10.6 Å². The van der Waals surface area contributed by atoms with Crippen LogP contribution in [0.5, 0.6) is 0 Å². The maximum Gasteiger partial charge on any atom is 0.234 e. The summed E-state index contributed by atoms with van der Waals surface area (Å²) in [4.78, 5) is 0. The Hall–Kier alpha value is -4.46. The van der Waals surface area contributed by atoms with Gasteiger partial charge in [-0.1, -0.05) is 48.5 Å². The summed E-state index contributed by atoms with van der Waals surface area (Å²) in [6, 6.07) is 27.9. The summed E-state index contributed by atoms with van der Waals surface area (Å²) in [6.07, 6.45) is 0. The van der Waals surface area contributed by atoms with E-state index in [1.165, 1.54) is 0 Å². The molecule has 144 valence electrons. The minimum atomic E-state index is 0.621. The van der Waals surface area contributed by atoms with Crippen LogP contribution in [-0.4, -0.2) is 29.2 Å². The van der Waals surface area contributed by atoms with E-state index in [9.17, 15) is 0 Å². The first-order valence-electron chi connectivity index (χ1n) is 9.53. The van der Waals surface area contributed by atoms with E-state index in [1.807, 2.05) is 93.7 Å². The monoisotopic (exact) mass is 392 g/mol. The normalized spacial score (nSPS) is 11.3. The number of nitrogens with one attached hydrogen (secondary N) is 2. The molecule has 3 aromatic carbocycles. The lowest BCUT2D eigenvalue weighted by Gasteiger charge is -2.10. The third-order valence-electron chi connectivity index (χ3n) is 4.95. The molecule has 0 unspecified atom stereocenters. The Morgan fingerprint density at radius 1 is 0.467 bits per heavy atom. The van der Waals surface area contributed by atoms with Crippen molar-refractivity contribution in [3.05, 3.63) is 84.9 Å². The first-order chi connectivity index (χ1) is 14.9. The lowest BCUT2D eigenvalue weighted by Crippen LogP contribution is -2.03. The van der Waals surface area contributed by atoms with E-state index >= 15 is 0 Å². The van der Waals surface area contributed by atoms with E-state index < -0.39 is 0 Å². The van der Waals surface area contributed by atoms with Crippen LogP contribution in [0.3, 0.4) is 0 Å². The van der Waals surface area contributed by atoms with Crippen molar-refractivity contribution in [2.45, 2.75) is 0 Å². The molecule has 8 heteroatoms. The summed E-state index contributed by atoms with van der Waals surface area (Å²) in [5, 5.41) is 24.3. The van der Waals surface area contributed by atoms with Gasteiger partial charge in [-0.15, -0.1) is 20.4 Å². The Bertz CT molecular complexity index is 1370. The zero-order valence-corrected chi connectivity index (χ0v) is 15.8. The van der Waals surface area contributed by atoms with Gasteiger partial charge >= 0.3 is 0 Å². The molecule has 2 N–H and O–H groups in total. The lowest BCUT2D eigenvalue weighted by molar-refractivity contribution is 1.10. The molecule has 3 heterocycles. The molecule has 0 saturated heterocycles. The molecule has 0 amide bonds. The molecule has 0 radical (unpaired) electrons. The Kier molecular flexibility index (Phi) is 3.60. The second-order valence-corrected chi connectivity index (χ2v) is 6.84. The van der Waals surface area contributed by atoms with E-state index in [0.717, 1.165) is 22.4 Å². The molecule has 0 spiro atoms. The molecule has 3 aromatic heterocycles. The Morgan fingerprint density at radius 3 is 1.30 bits per heavy atom. The highest BCUT2D eigenvalue weighted by atomic mass is 15.4. The summed E-state index contributed by atoms with van der Waals surface area (Å²) >= 11 is 0. The molecule has 0 aliphatic heterocycles. The van der Waals surface area contributed by atoms with Gasteiger partial charge in [0.25, 0.3) is 0 Å². The molecule has 0 aliphatic carbocycles. The van der Waals surface area contributed by atoms with Gasteiger partial charge in [0.15, 0.2) is 0 Å². The zero-order chi connectivity index (χ0) is 19.9. The highest BCUT2D eigenvalue weighted by molar-refractivity contribution is 5.88. The Morgan fingerprint density at radius 2 is 0.867 bits per heavy atom. The van der Waals surface area contributed by atoms with Gasteiger partial charge in [0, 0.05) is 11.4 Å². The quantitative estimate of drug-likeness (QED) is 0.462. The predicted molar refractivity (Wildman–Crippen MR) is 116 cm³/mol. The summed E-state index contributed by atoms with van der Waals surface area (Å²) in [5.41, 5.74) is 5.01. The van der Waals surface area contributed by atoms with Crippen molar-refractivity contribution in [1.29, 1.82) is 0 Å². The van der Waals surface area contributed by atoms with Gasteiger partial charge in [-0.2, -0.15) is 0 Å². The van der Waals surface area contributed by atoms with Crippen molar-refractivity contribution in [3.8, 4) is 0 Å². The fourth-order valence-electron chi connectivity index (χ4n) is 3.62. The van der Waals surface area contributed by atoms with Crippen LogP contribution in [0, 0.1) is 0 Å². The topological polar surface area (TPSA) is 84.4 Å². The number of aromatic nitrogens is 6. The van der Waals surface area contributed by atoms with Crippen LogP contribution in [0.4, 0.5) is 23.3 Å². The molecule has 30 heavy (non-hydrogen) atoms. The van der Waals surface area contributed by atoms with Crippen molar-refractivity contribution in [3.63, 3.8) is 0 Å². The number of rotatable bonds is 4. The fourth-order valence-corrected chi connectivity index (χ4v) is 3.62. The number of hydrogen-bond donors (Lipinski definition) is 2. The molecule has 0 atom stereocenters. The third-order valence-corrected chi connectivity index (χ3v) is 4.95. The number of benzene rings is 3. The fraction of sp³-hybridized carbons (Fsp3) is 0. The summed E-state index contributed by atoms with van der Waals surface area (Å²) in [7, 11) is 0. The first-order valence-corrected chi connectivity index (χ1v) is 9.53. The highest BCUT2D eigenvalue weighted by Gasteiger charge is 2.19. The van der Waals surface area contributed by atoms with E-state index in [4.69, 9.17) is 0 Å². The van der Waals surface area contributed by atoms with Crippen molar-refractivity contribution in [2.24, 2.45) is 0 Å². The van der Waals surface area contributed by atoms with Gasteiger partial charge < -0.3 is 10.6 Å². The van der Waals surface area contributed by atoms with Crippen LogP contribution in [0.1, 0.15) is 0 Å². The van der Waals surface area contributed by atoms with Crippen molar-refractivity contribution in [1.82, 2.24) is 29.2 Å². The van der Waals surface area contributed by atoms with Gasteiger partial charge in [-0.3, -0.25) is 8.80 Å². The van der Waals surface area contributed by atoms with Crippen molar-refractivity contribution >= 4 is 45.6 Å². The maximum absolute atomic E-state index is 4.41. The average Bonchev–Trinajstić information content (AvgIpc) is 3.40. The van der Waals surface area contributed by atoms with Gasteiger partial charge in [-0.25, -0.2) is 0 Å². The van der Waals surface area contributed by atoms with E-state index in [2.05, 4.69) is 31.0 Å². The third kappa shape index (κ3) is 2.55. The van der Waals surface area contributed by atoms with Gasteiger partial charge in [-0.05, 0) is 36.4 Å². The zero-order valence-electron chi connectivity index (χ0n) is 15.8. The lowest BCUT2D eigenvalue weighted by atomic mass is 10.3. The SMILES string of the molecule is c1ccc(Nc2nnc3c4nnc(Nc5ccccc5)n4c4ccccc4n23)cc1. The number of hydrogen-bond acceptors (Lipinski definition) is 6. The van der Waals surface area contributed by atoms with Gasteiger partial charge in [0.05, 0.1) is 11.0 Å². The molecule has 0 bridgehead atoms. The van der Waals surface area contributed by atoms with Crippen LogP contribution in [0.15, 0.2) is 84.9 Å².